The lowest BCUT2D eigenvalue weighted by molar-refractivity contribution is -0.129. The Hall–Kier alpha value is -1.34. The summed E-state index contributed by atoms with van der Waals surface area (Å²) >= 11 is 4.75. The maximum Gasteiger partial charge on any atom is 0.238 e. The lowest BCUT2D eigenvalue weighted by atomic mass is 10.2. The third-order valence-corrected chi connectivity index (χ3v) is 5.03. The Kier molecular flexibility index (Phi) is 4.30. The first-order valence-corrected chi connectivity index (χ1v) is 8.38. The zero-order chi connectivity index (χ0) is 14.8. The molecular formula is C14H14BrN3O2S. The number of thioether (sulfide) groups is 1. The molecule has 0 bridgehead atoms. The fraction of sp³-hybridized carbons (Fsp3) is 0.357. The molecule has 0 aromatic heterocycles. The van der Waals surface area contributed by atoms with Crippen LogP contribution in [0.3, 0.4) is 0 Å². The molecule has 1 fully saturated rings. The standard InChI is InChI=1S/C14H14BrN3O2S/c15-9-3-1-4-10(7-9)17-13(20)11-8-12(19)18-6-2-5-16-14(18)21-11/h1,3-4,7,11H,2,5-6,8H2,(H,17,20). The highest BCUT2D eigenvalue weighted by Gasteiger charge is 2.36. The van der Waals surface area contributed by atoms with E-state index in [2.05, 4.69) is 26.2 Å². The molecule has 0 spiro atoms. The Morgan fingerprint density at radius 2 is 2.33 bits per heavy atom. The van der Waals surface area contributed by atoms with Crippen molar-refractivity contribution in [1.82, 2.24) is 4.90 Å². The maximum absolute atomic E-state index is 12.3. The molecule has 1 aromatic rings. The third-order valence-electron chi connectivity index (χ3n) is 3.31. The van der Waals surface area contributed by atoms with E-state index < -0.39 is 5.25 Å². The fourth-order valence-electron chi connectivity index (χ4n) is 2.29. The molecule has 7 heteroatoms. The molecule has 5 nitrogen and oxygen atoms in total. The number of amides is 2. The summed E-state index contributed by atoms with van der Waals surface area (Å²) in [7, 11) is 0. The summed E-state index contributed by atoms with van der Waals surface area (Å²) in [5.41, 5.74) is 0.718. The number of nitrogens with zero attached hydrogens (tertiary/aromatic N) is 2. The molecule has 1 atom stereocenters. The van der Waals surface area contributed by atoms with E-state index in [9.17, 15) is 9.59 Å². The first kappa shape index (κ1) is 14.6. The molecule has 2 aliphatic heterocycles. The van der Waals surface area contributed by atoms with Gasteiger partial charge in [-0.3, -0.25) is 19.5 Å². The minimum absolute atomic E-state index is 0.0124. The molecule has 110 valence electrons. The summed E-state index contributed by atoms with van der Waals surface area (Å²) < 4.78 is 0.899. The fourth-order valence-corrected chi connectivity index (χ4v) is 3.82. The van der Waals surface area contributed by atoms with E-state index in [0.29, 0.717) is 11.7 Å². The van der Waals surface area contributed by atoms with Crippen molar-refractivity contribution >= 4 is 50.4 Å². The molecule has 1 unspecified atom stereocenters. The molecule has 0 radical (unpaired) electrons. The number of rotatable bonds is 2. The molecule has 1 saturated heterocycles. The van der Waals surface area contributed by atoms with E-state index in [1.807, 2.05) is 24.3 Å². The van der Waals surface area contributed by atoms with Crippen molar-refractivity contribution in [2.45, 2.75) is 18.1 Å². The molecule has 1 N–H and O–H groups in total. The summed E-state index contributed by atoms with van der Waals surface area (Å²) in [5, 5.41) is 3.13. The van der Waals surface area contributed by atoms with Gasteiger partial charge in [0, 0.05) is 29.7 Å². The van der Waals surface area contributed by atoms with Crippen LogP contribution in [0.4, 0.5) is 5.69 Å². The van der Waals surface area contributed by atoms with Gasteiger partial charge in [-0.2, -0.15) is 0 Å². The van der Waals surface area contributed by atoms with Crippen LogP contribution in [0, 0.1) is 0 Å². The number of amidine groups is 1. The molecule has 2 amide bonds. The van der Waals surface area contributed by atoms with Crippen LogP contribution >= 0.6 is 27.7 Å². The van der Waals surface area contributed by atoms with E-state index in [1.165, 1.54) is 11.8 Å². The van der Waals surface area contributed by atoms with Crippen LogP contribution < -0.4 is 5.32 Å². The Balaban J connectivity index is 1.70. The Morgan fingerprint density at radius 3 is 3.14 bits per heavy atom. The minimum Gasteiger partial charge on any atom is -0.325 e. The van der Waals surface area contributed by atoms with E-state index in [1.54, 1.807) is 4.90 Å². The highest BCUT2D eigenvalue weighted by Crippen LogP contribution is 2.29. The first-order valence-electron chi connectivity index (χ1n) is 6.71. The van der Waals surface area contributed by atoms with Gasteiger partial charge >= 0.3 is 0 Å². The maximum atomic E-state index is 12.3. The van der Waals surface area contributed by atoms with Gasteiger partial charge in [0.1, 0.15) is 5.25 Å². The normalized spacial score (nSPS) is 21.6. The van der Waals surface area contributed by atoms with Gasteiger partial charge in [0.15, 0.2) is 5.17 Å². The first-order chi connectivity index (χ1) is 10.1. The van der Waals surface area contributed by atoms with E-state index in [4.69, 9.17) is 0 Å². The van der Waals surface area contributed by atoms with Crippen LogP contribution in [0.25, 0.3) is 0 Å². The molecule has 0 aliphatic carbocycles. The van der Waals surface area contributed by atoms with Crippen LogP contribution in [0.5, 0.6) is 0 Å². The molecular weight excluding hydrogens is 354 g/mol. The average molecular weight is 368 g/mol. The number of hydrogen-bond donors (Lipinski definition) is 1. The smallest absolute Gasteiger partial charge is 0.238 e. The predicted molar refractivity (Wildman–Crippen MR) is 87.4 cm³/mol. The van der Waals surface area contributed by atoms with Crippen molar-refractivity contribution < 1.29 is 9.59 Å². The summed E-state index contributed by atoms with van der Waals surface area (Å²) in [5.74, 6) is -0.166. The molecule has 2 heterocycles. The second kappa shape index (κ2) is 6.19. The van der Waals surface area contributed by atoms with Gasteiger partial charge in [-0.25, -0.2) is 0 Å². The largest absolute Gasteiger partial charge is 0.325 e. The molecule has 3 rings (SSSR count). The molecule has 2 aliphatic rings. The van der Waals surface area contributed by atoms with Crippen LogP contribution in [-0.4, -0.2) is 40.2 Å². The van der Waals surface area contributed by atoms with Gasteiger partial charge in [0.25, 0.3) is 0 Å². The van der Waals surface area contributed by atoms with E-state index >= 15 is 0 Å². The van der Waals surface area contributed by atoms with E-state index in [-0.39, 0.29) is 18.2 Å². The van der Waals surface area contributed by atoms with Crippen molar-refractivity contribution in [3.05, 3.63) is 28.7 Å². The SMILES string of the molecule is O=C(Nc1cccc(Br)c1)C1CC(=O)N2CCCN=C2S1. The van der Waals surface area contributed by atoms with Crippen LogP contribution in [0.2, 0.25) is 0 Å². The zero-order valence-electron chi connectivity index (χ0n) is 11.2. The highest BCUT2D eigenvalue weighted by molar-refractivity contribution is 9.10. The summed E-state index contributed by atoms with van der Waals surface area (Å²) in [6.07, 6.45) is 1.12. The van der Waals surface area contributed by atoms with Crippen molar-refractivity contribution in [2.75, 3.05) is 18.4 Å². The number of anilines is 1. The quantitative estimate of drug-likeness (QED) is 0.873. The Labute approximate surface area is 135 Å². The van der Waals surface area contributed by atoms with Gasteiger partial charge in [0.05, 0.1) is 0 Å². The van der Waals surface area contributed by atoms with Gasteiger partial charge in [-0.1, -0.05) is 33.8 Å². The monoisotopic (exact) mass is 367 g/mol. The van der Waals surface area contributed by atoms with Crippen LogP contribution in [-0.2, 0) is 9.59 Å². The second-order valence-electron chi connectivity index (χ2n) is 4.87. The third kappa shape index (κ3) is 3.29. The Morgan fingerprint density at radius 1 is 1.48 bits per heavy atom. The molecule has 21 heavy (non-hydrogen) atoms. The van der Waals surface area contributed by atoms with Gasteiger partial charge < -0.3 is 5.32 Å². The van der Waals surface area contributed by atoms with Gasteiger partial charge in [-0.15, -0.1) is 0 Å². The summed E-state index contributed by atoms with van der Waals surface area (Å²) in [6, 6.07) is 7.40. The number of nitrogens with one attached hydrogen (secondary N) is 1. The number of aliphatic imine (C=N–C) groups is 1. The zero-order valence-corrected chi connectivity index (χ0v) is 13.6. The number of carbonyl (C=O) groups excluding carboxylic acids is 2. The number of benzene rings is 1. The minimum atomic E-state index is -0.412. The van der Waals surface area contributed by atoms with Crippen molar-refractivity contribution in [1.29, 1.82) is 0 Å². The average Bonchev–Trinajstić information content (AvgIpc) is 2.47. The van der Waals surface area contributed by atoms with Crippen LogP contribution in [0.15, 0.2) is 33.7 Å². The van der Waals surface area contributed by atoms with E-state index in [0.717, 1.165) is 23.1 Å². The molecule has 1 aromatic carbocycles. The topological polar surface area (TPSA) is 61.8 Å². The Bertz CT molecular complexity index is 620. The van der Waals surface area contributed by atoms with Crippen molar-refractivity contribution in [2.24, 2.45) is 4.99 Å². The van der Waals surface area contributed by atoms with Gasteiger partial charge in [0.2, 0.25) is 11.8 Å². The lowest BCUT2D eigenvalue weighted by Gasteiger charge is -2.33. The second-order valence-corrected chi connectivity index (χ2v) is 6.96. The number of halogens is 1. The number of hydrogen-bond acceptors (Lipinski definition) is 4. The molecule has 0 saturated carbocycles. The lowest BCUT2D eigenvalue weighted by Crippen LogP contribution is -2.47. The van der Waals surface area contributed by atoms with Gasteiger partial charge in [-0.05, 0) is 24.6 Å². The summed E-state index contributed by atoms with van der Waals surface area (Å²) in [6.45, 7) is 1.44. The number of carbonyl (C=O) groups is 2. The summed E-state index contributed by atoms with van der Waals surface area (Å²) in [4.78, 5) is 30.5. The van der Waals surface area contributed by atoms with Crippen molar-refractivity contribution in [3.63, 3.8) is 0 Å². The predicted octanol–water partition coefficient (Wildman–Crippen LogP) is 2.48. The van der Waals surface area contributed by atoms with Crippen molar-refractivity contribution in [3.8, 4) is 0 Å². The number of fused-ring (bicyclic) bond motifs is 1. The highest BCUT2D eigenvalue weighted by atomic mass is 79.9. The van der Waals surface area contributed by atoms with Crippen LogP contribution in [0.1, 0.15) is 12.8 Å².